The first-order valence-corrected chi connectivity index (χ1v) is 5.59. The first-order chi connectivity index (χ1) is 8.65. The average molecular weight is 270 g/mol. The van der Waals surface area contributed by atoms with Crippen molar-refractivity contribution < 1.29 is 19.2 Å². The van der Waals surface area contributed by atoms with Crippen LogP contribution in [0.25, 0.3) is 0 Å². The molecule has 1 atom stereocenters. The van der Waals surface area contributed by atoms with Crippen LogP contribution in [0, 0.1) is 15.9 Å². The van der Waals surface area contributed by atoms with Crippen LogP contribution >= 0.6 is 0 Å². The molecule has 6 nitrogen and oxygen atoms in total. The molecule has 2 N–H and O–H groups in total. The van der Waals surface area contributed by atoms with E-state index in [2.05, 4.69) is 5.32 Å². The number of non-ortho nitro benzene ring substituents is 1. The van der Waals surface area contributed by atoms with Crippen molar-refractivity contribution in [1.29, 1.82) is 0 Å². The van der Waals surface area contributed by atoms with E-state index in [0.29, 0.717) is 0 Å². The van der Waals surface area contributed by atoms with Gasteiger partial charge in [-0.1, -0.05) is 0 Å². The fourth-order valence-electron chi connectivity index (χ4n) is 1.27. The monoisotopic (exact) mass is 270 g/mol. The van der Waals surface area contributed by atoms with Gasteiger partial charge in [0.25, 0.3) is 11.6 Å². The fraction of sp³-hybridized carbons (Fsp3) is 0.417. The first kappa shape index (κ1) is 15.0. The van der Waals surface area contributed by atoms with Gasteiger partial charge in [-0.15, -0.1) is 0 Å². The summed E-state index contributed by atoms with van der Waals surface area (Å²) in [5, 5.41) is 22.5. The molecule has 19 heavy (non-hydrogen) atoms. The van der Waals surface area contributed by atoms with E-state index in [0.717, 1.165) is 18.2 Å². The SMILES string of the molecule is CC(O)C(C)(C)NC(=O)c1cc([N+](=O)[O-])ccc1F. The highest BCUT2D eigenvalue weighted by atomic mass is 19.1. The van der Waals surface area contributed by atoms with E-state index in [1.54, 1.807) is 13.8 Å². The molecule has 0 aliphatic heterocycles. The number of nitrogens with zero attached hydrogens (tertiary/aromatic N) is 1. The lowest BCUT2D eigenvalue weighted by atomic mass is 9.98. The summed E-state index contributed by atoms with van der Waals surface area (Å²) in [6, 6.07) is 2.71. The number of carbonyl (C=O) groups is 1. The molecule has 1 rings (SSSR count). The normalized spacial score (nSPS) is 12.9. The number of benzene rings is 1. The Balaban J connectivity index is 3.06. The minimum Gasteiger partial charge on any atom is -0.391 e. The third-order valence-corrected chi connectivity index (χ3v) is 2.89. The van der Waals surface area contributed by atoms with Crippen molar-refractivity contribution in [3.05, 3.63) is 39.7 Å². The molecule has 0 radical (unpaired) electrons. The quantitative estimate of drug-likeness (QED) is 0.642. The lowest BCUT2D eigenvalue weighted by molar-refractivity contribution is -0.384. The van der Waals surface area contributed by atoms with Gasteiger partial charge in [0.2, 0.25) is 0 Å². The second kappa shape index (κ2) is 5.31. The smallest absolute Gasteiger partial charge is 0.270 e. The first-order valence-electron chi connectivity index (χ1n) is 5.59. The Morgan fingerprint density at radius 1 is 1.53 bits per heavy atom. The second-order valence-corrected chi connectivity index (χ2v) is 4.77. The highest BCUT2D eigenvalue weighted by Gasteiger charge is 2.28. The summed E-state index contributed by atoms with van der Waals surface area (Å²) in [5.41, 5.74) is -1.78. The zero-order valence-corrected chi connectivity index (χ0v) is 10.8. The maximum absolute atomic E-state index is 13.5. The maximum Gasteiger partial charge on any atom is 0.270 e. The molecule has 0 heterocycles. The van der Waals surface area contributed by atoms with E-state index >= 15 is 0 Å². The zero-order valence-electron chi connectivity index (χ0n) is 10.8. The number of hydrogen-bond donors (Lipinski definition) is 2. The summed E-state index contributed by atoms with van der Waals surface area (Å²) in [4.78, 5) is 21.8. The van der Waals surface area contributed by atoms with Gasteiger partial charge >= 0.3 is 0 Å². The van der Waals surface area contributed by atoms with Gasteiger partial charge in [0.05, 0.1) is 22.1 Å². The highest BCUT2D eigenvalue weighted by Crippen LogP contribution is 2.18. The lowest BCUT2D eigenvalue weighted by Gasteiger charge is -2.29. The number of nitro benzene ring substituents is 1. The zero-order chi connectivity index (χ0) is 14.8. The summed E-state index contributed by atoms with van der Waals surface area (Å²) in [7, 11) is 0. The van der Waals surface area contributed by atoms with Gasteiger partial charge in [0, 0.05) is 12.1 Å². The predicted octanol–water partition coefficient (Wildman–Crippen LogP) is 1.62. The fourth-order valence-corrected chi connectivity index (χ4v) is 1.27. The molecule has 0 aromatic heterocycles. The number of carbonyl (C=O) groups excluding carboxylic acids is 1. The molecule has 0 saturated carbocycles. The summed E-state index contributed by atoms with van der Waals surface area (Å²) >= 11 is 0. The maximum atomic E-state index is 13.5. The molecule has 1 aromatic rings. The van der Waals surface area contributed by atoms with E-state index in [1.807, 2.05) is 0 Å². The van der Waals surface area contributed by atoms with Crippen LogP contribution in [0.15, 0.2) is 18.2 Å². The topological polar surface area (TPSA) is 92.5 Å². The van der Waals surface area contributed by atoms with E-state index in [9.17, 15) is 24.4 Å². The molecule has 1 unspecified atom stereocenters. The number of nitrogens with one attached hydrogen (secondary N) is 1. The molecular weight excluding hydrogens is 255 g/mol. The van der Waals surface area contributed by atoms with E-state index in [-0.39, 0.29) is 5.69 Å². The summed E-state index contributed by atoms with van der Waals surface area (Å²) in [6.45, 7) is 4.60. The van der Waals surface area contributed by atoms with Gasteiger partial charge in [-0.25, -0.2) is 4.39 Å². The summed E-state index contributed by atoms with van der Waals surface area (Å²) in [6.07, 6.45) is -0.863. The largest absolute Gasteiger partial charge is 0.391 e. The number of aliphatic hydroxyl groups is 1. The third-order valence-electron chi connectivity index (χ3n) is 2.89. The van der Waals surface area contributed by atoms with Crippen LogP contribution in [-0.4, -0.2) is 27.6 Å². The van der Waals surface area contributed by atoms with Crippen molar-refractivity contribution in [2.24, 2.45) is 0 Å². The lowest BCUT2D eigenvalue weighted by Crippen LogP contribution is -2.51. The van der Waals surface area contributed by atoms with Crippen molar-refractivity contribution in [2.45, 2.75) is 32.4 Å². The standard InChI is InChI=1S/C12H15FN2O4/c1-7(16)12(2,3)14-11(17)9-6-8(15(18)19)4-5-10(9)13/h4-7,16H,1-3H3,(H,14,17). The Kier molecular flexibility index (Phi) is 4.21. The van der Waals surface area contributed by atoms with Gasteiger partial charge in [-0.3, -0.25) is 14.9 Å². The van der Waals surface area contributed by atoms with E-state index < -0.39 is 33.9 Å². The predicted molar refractivity (Wildman–Crippen MR) is 66.3 cm³/mol. The Labute approximate surface area is 109 Å². The number of nitro groups is 1. The number of amides is 1. The minimum atomic E-state index is -0.978. The van der Waals surface area contributed by atoms with Crippen molar-refractivity contribution in [3.63, 3.8) is 0 Å². The molecule has 0 aliphatic carbocycles. The Bertz CT molecular complexity index is 514. The molecular formula is C12H15FN2O4. The minimum absolute atomic E-state index is 0.374. The third kappa shape index (κ3) is 3.47. The second-order valence-electron chi connectivity index (χ2n) is 4.77. The van der Waals surface area contributed by atoms with Crippen LogP contribution < -0.4 is 5.32 Å². The number of hydrogen-bond acceptors (Lipinski definition) is 4. The molecule has 0 bridgehead atoms. The Morgan fingerprint density at radius 3 is 2.58 bits per heavy atom. The van der Waals surface area contributed by atoms with Crippen molar-refractivity contribution in [3.8, 4) is 0 Å². The molecule has 1 amide bonds. The number of rotatable bonds is 4. The van der Waals surface area contributed by atoms with Gasteiger partial charge in [-0.2, -0.15) is 0 Å². The molecule has 104 valence electrons. The number of halogens is 1. The van der Waals surface area contributed by atoms with E-state index in [4.69, 9.17) is 0 Å². The Morgan fingerprint density at radius 2 is 2.11 bits per heavy atom. The van der Waals surface area contributed by atoms with Crippen molar-refractivity contribution in [1.82, 2.24) is 5.32 Å². The van der Waals surface area contributed by atoms with Gasteiger partial charge < -0.3 is 10.4 Å². The van der Waals surface area contributed by atoms with Gasteiger partial charge in [0.1, 0.15) is 5.82 Å². The molecule has 0 fully saturated rings. The highest BCUT2D eigenvalue weighted by molar-refractivity contribution is 5.95. The van der Waals surface area contributed by atoms with Crippen molar-refractivity contribution >= 4 is 11.6 Å². The summed E-state index contributed by atoms with van der Waals surface area (Å²) < 4.78 is 13.5. The van der Waals surface area contributed by atoms with Crippen LogP contribution in [-0.2, 0) is 0 Å². The van der Waals surface area contributed by atoms with Crippen molar-refractivity contribution in [2.75, 3.05) is 0 Å². The van der Waals surface area contributed by atoms with Crippen LogP contribution in [0.3, 0.4) is 0 Å². The van der Waals surface area contributed by atoms with Crippen LogP contribution in [0.2, 0.25) is 0 Å². The summed E-state index contributed by atoms with van der Waals surface area (Å²) in [5.74, 6) is -1.67. The van der Waals surface area contributed by atoms with Crippen LogP contribution in [0.1, 0.15) is 31.1 Å². The van der Waals surface area contributed by atoms with Gasteiger partial charge in [-0.05, 0) is 26.8 Å². The van der Waals surface area contributed by atoms with E-state index in [1.165, 1.54) is 6.92 Å². The van der Waals surface area contributed by atoms with Crippen LogP contribution in [0.5, 0.6) is 0 Å². The molecule has 7 heteroatoms. The van der Waals surface area contributed by atoms with Gasteiger partial charge in [0.15, 0.2) is 0 Å². The Hall–Kier alpha value is -2.02. The molecule has 0 saturated heterocycles. The molecule has 0 spiro atoms. The molecule has 1 aromatic carbocycles. The average Bonchev–Trinajstić information content (AvgIpc) is 2.28. The van der Waals surface area contributed by atoms with Crippen LogP contribution in [0.4, 0.5) is 10.1 Å². The molecule has 0 aliphatic rings. The number of aliphatic hydroxyl groups excluding tert-OH is 1.